The van der Waals surface area contributed by atoms with Gasteiger partial charge < -0.3 is 5.32 Å². The van der Waals surface area contributed by atoms with Crippen molar-refractivity contribution < 1.29 is 22.0 Å². The van der Waals surface area contributed by atoms with Crippen molar-refractivity contribution in [2.75, 3.05) is 11.9 Å². The third-order valence-electron chi connectivity index (χ3n) is 4.27. The van der Waals surface area contributed by atoms with Gasteiger partial charge in [-0.25, -0.2) is 23.5 Å². The lowest BCUT2D eigenvalue weighted by Crippen LogP contribution is -2.45. The van der Waals surface area contributed by atoms with Crippen LogP contribution in [0.25, 0.3) is 17.2 Å². The fraction of sp³-hybridized carbons (Fsp3) is 0.286. The van der Waals surface area contributed by atoms with Crippen LogP contribution in [0, 0.1) is 5.82 Å². The SMILES string of the molecule is NS(=O)(=O)NC1(CNc2nonc2-c2noc(=O)n2-c2ccc(F)c(Br)c2)CC1. The molecular weight excluding hydrogens is 477 g/mol. The van der Waals surface area contributed by atoms with Crippen molar-refractivity contribution in [1.82, 2.24) is 24.8 Å². The average Bonchev–Trinajstić information content (AvgIpc) is 3.05. The highest BCUT2D eigenvalue weighted by Gasteiger charge is 2.45. The van der Waals surface area contributed by atoms with Gasteiger partial charge in [0.15, 0.2) is 5.69 Å². The number of halogens is 2. The minimum absolute atomic E-state index is 0.0403. The van der Waals surface area contributed by atoms with Gasteiger partial charge in [0.1, 0.15) is 5.82 Å². The van der Waals surface area contributed by atoms with Crippen LogP contribution in [-0.4, -0.2) is 40.5 Å². The van der Waals surface area contributed by atoms with Gasteiger partial charge in [-0.05, 0) is 57.3 Å². The lowest BCUT2D eigenvalue weighted by Gasteiger charge is -2.15. The maximum absolute atomic E-state index is 13.5. The molecule has 1 aliphatic rings. The molecule has 1 fully saturated rings. The number of hydrogen-bond acceptors (Lipinski definition) is 9. The molecule has 1 saturated carbocycles. The highest BCUT2D eigenvalue weighted by Crippen LogP contribution is 2.36. The minimum atomic E-state index is -3.88. The third kappa shape index (κ3) is 4.07. The molecule has 0 saturated heterocycles. The Labute approximate surface area is 170 Å². The van der Waals surface area contributed by atoms with Crippen LogP contribution in [0.15, 0.2) is 36.6 Å². The molecule has 29 heavy (non-hydrogen) atoms. The first-order chi connectivity index (χ1) is 13.7. The molecule has 0 unspecified atom stereocenters. The van der Waals surface area contributed by atoms with Crippen LogP contribution in [0.4, 0.5) is 10.2 Å². The molecule has 0 radical (unpaired) electrons. The van der Waals surface area contributed by atoms with Gasteiger partial charge in [-0.15, -0.1) is 0 Å². The summed E-state index contributed by atoms with van der Waals surface area (Å²) in [4.78, 5) is 12.2. The topological polar surface area (TPSA) is 171 Å². The van der Waals surface area contributed by atoms with Crippen molar-refractivity contribution in [3.63, 3.8) is 0 Å². The summed E-state index contributed by atoms with van der Waals surface area (Å²) in [6.07, 6.45) is 1.16. The predicted octanol–water partition coefficient (Wildman–Crippen LogP) is 0.515. The summed E-state index contributed by atoms with van der Waals surface area (Å²) in [5, 5.41) is 19.1. The van der Waals surface area contributed by atoms with Crippen molar-refractivity contribution in [2.24, 2.45) is 5.14 Å². The number of hydrogen-bond donors (Lipinski definition) is 3. The second kappa shape index (κ2) is 7.01. The summed E-state index contributed by atoms with van der Waals surface area (Å²) >= 11 is 3.06. The van der Waals surface area contributed by atoms with Crippen molar-refractivity contribution in [3.05, 3.63) is 39.0 Å². The monoisotopic (exact) mass is 489 g/mol. The molecule has 0 spiro atoms. The number of aromatic nitrogens is 4. The van der Waals surface area contributed by atoms with E-state index < -0.39 is 27.3 Å². The van der Waals surface area contributed by atoms with Gasteiger partial charge in [0, 0.05) is 6.54 Å². The van der Waals surface area contributed by atoms with Gasteiger partial charge in [-0.1, -0.05) is 5.16 Å². The van der Waals surface area contributed by atoms with E-state index >= 15 is 0 Å². The van der Waals surface area contributed by atoms with Crippen molar-refractivity contribution in [3.8, 4) is 17.2 Å². The molecule has 4 N–H and O–H groups in total. The molecule has 1 aliphatic carbocycles. The largest absolute Gasteiger partial charge is 0.446 e. The van der Waals surface area contributed by atoms with Gasteiger partial charge in [0.05, 0.1) is 15.7 Å². The van der Waals surface area contributed by atoms with Crippen LogP contribution in [0.3, 0.4) is 0 Å². The van der Waals surface area contributed by atoms with E-state index in [1.54, 1.807) is 0 Å². The Bertz CT molecular complexity index is 1230. The molecule has 1 aromatic carbocycles. The zero-order valence-electron chi connectivity index (χ0n) is 14.4. The highest BCUT2D eigenvalue weighted by molar-refractivity contribution is 9.10. The van der Waals surface area contributed by atoms with E-state index in [4.69, 9.17) is 14.3 Å². The van der Waals surface area contributed by atoms with E-state index in [1.807, 2.05) is 0 Å². The maximum Gasteiger partial charge on any atom is 0.446 e. The van der Waals surface area contributed by atoms with Crippen LogP contribution in [-0.2, 0) is 10.2 Å². The van der Waals surface area contributed by atoms with Gasteiger partial charge in [0.2, 0.25) is 11.6 Å². The zero-order valence-corrected chi connectivity index (χ0v) is 16.8. The average molecular weight is 490 g/mol. The first-order valence-corrected chi connectivity index (χ1v) is 10.4. The number of anilines is 1. The first-order valence-electron chi connectivity index (χ1n) is 8.10. The number of nitrogens with one attached hydrogen (secondary N) is 2. The lowest BCUT2D eigenvalue weighted by molar-refractivity contribution is 0.309. The van der Waals surface area contributed by atoms with E-state index in [0.29, 0.717) is 12.8 Å². The second-order valence-electron chi connectivity index (χ2n) is 6.45. The number of nitrogens with zero attached hydrogens (tertiary/aromatic N) is 4. The molecule has 3 aromatic rings. The van der Waals surface area contributed by atoms with Gasteiger partial charge in [0.25, 0.3) is 10.2 Å². The summed E-state index contributed by atoms with van der Waals surface area (Å²) in [5.74, 6) is -1.28. The Morgan fingerprint density at radius 1 is 1.31 bits per heavy atom. The fourth-order valence-corrected chi connectivity index (χ4v) is 3.97. The van der Waals surface area contributed by atoms with Gasteiger partial charge in [-0.3, -0.25) is 4.52 Å². The molecule has 0 bridgehead atoms. The summed E-state index contributed by atoms with van der Waals surface area (Å²) in [5.41, 5.74) is -0.430. The molecule has 15 heteroatoms. The lowest BCUT2D eigenvalue weighted by atomic mass is 10.2. The molecule has 2 aromatic heterocycles. The normalized spacial score (nSPS) is 15.4. The molecule has 0 aliphatic heterocycles. The molecular formula is C14H13BrFN7O5S. The van der Waals surface area contributed by atoms with E-state index in [1.165, 1.54) is 18.2 Å². The fourth-order valence-electron chi connectivity index (χ4n) is 2.72. The minimum Gasteiger partial charge on any atom is -0.363 e. The summed E-state index contributed by atoms with van der Waals surface area (Å²) in [6, 6.07) is 3.89. The molecule has 4 rings (SSSR count). The van der Waals surface area contributed by atoms with E-state index in [-0.39, 0.29) is 34.0 Å². The summed E-state index contributed by atoms with van der Waals surface area (Å²) < 4.78 is 49.1. The standard InChI is InChI=1S/C14H13BrFN7O5S/c15-8-5-7(1-2-9(8)16)23-12(21-27-13(23)24)10-11(20-28-19-10)18-6-14(3-4-14)22-29(17,25)26/h1-2,5,22H,3-4,6H2,(H,18,20)(H2,17,25,26). The van der Waals surface area contributed by atoms with Crippen molar-refractivity contribution >= 4 is 32.0 Å². The Balaban J connectivity index is 1.64. The van der Waals surface area contributed by atoms with Crippen molar-refractivity contribution in [1.29, 1.82) is 0 Å². The number of benzene rings is 1. The molecule has 12 nitrogen and oxygen atoms in total. The highest BCUT2D eigenvalue weighted by atomic mass is 79.9. The Morgan fingerprint density at radius 2 is 2.07 bits per heavy atom. The Hall–Kier alpha value is -2.62. The maximum atomic E-state index is 13.5. The quantitative estimate of drug-likeness (QED) is 0.427. The zero-order chi connectivity index (χ0) is 20.8. The first kappa shape index (κ1) is 19.7. The summed E-state index contributed by atoms with van der Waals surface area (Å²) in [6.45, 7) is 0.148. The second-order valence-corrected chi connectivity index (χ2v) is 8.60. The third-order valence-corrected chi connectivity index (χ3v) is 5.60. The van der Waals surface area contributed by atoms with Crippen LogP contribution >= 0.6 is 15.9 Å². The summed E-state index contributed by atoms with van der Waals surface area (Å²) in [7, 11) is -3.88. The predicted molar refractivity (Wildman–Crippen MR) is 99.7 cm³/mol. The van der Waals surface area contributed by atoms with E-state index in [0.717, 1.165) is 4.57 Å². The van der Waals surface area contributed by atoms with Crippen LogP contribution < -0.4 is 20.9 Å². The van der Waals surface area contributed by atoms with Crippen LogP contribution in [0.2, 0.25) is 0 Å². The van der Waals surface area contributed by atoms with Crippen LogP contribution in [0.1, 0.15) is 12.8 Å². The number of rotatable bonds is 7. The van der Waals surface area contributed by atoms with Crippen molar-refractivity contribution in [2.45, 2.75) is 18.4 Å². The Morgan fingerprint density at radius 3 is 2.72 bits per heavy atom. The Kier molecular flexibility index (Phi) is 4.76. The molecule has 0 amide bonds. The molecule has 2 heterocycles. The van der Waals surface area contributed by atoms with Crippen LogP contribution in [0.5, 0.6) is 0 Å². The van der Waals surface area contributed by atoms with Gasteiger partial charge >= 0.3 is 5.76 Å². The van der Waals surface area contributed by atoms with Gasteiger partial charge in [-0.2, -0.15) is 13.1 Å². The van der Waals surface area contributed by atoms with E-state index in [9.17, 15) is 17.6 Å². The van der Waals surface area contributed by atoms with E-state index in [2.05, 4.69) is 41.4 Å². The molecule has 0 atom stereocenters. The number of nitrogens with two attached hydrogens (primary N) is 1. The smallest absolute Gasteiger partial charge is 0.363 e. The molecule has 154 valence electrons.